The average Bonchev–Trinajstić information content (AvgIpc) is 3.23. The fourth-order valence-corrected chi connectivity index (χ4v) is 4.59. The summed E-state index contributed by atoms with van der Waals surface area (Å²) in [6.07, 6.45) is 1.44. The van der Waals surface area contributed by atoms with E-state index in [-0.39, 0.29) is 17.5 Å². The molecule has 4 aromatic rings. The van der Waals surface area contributed by atoms with E-state index in [2.05, 4.69) is 19.7 Å². The summed E-state index contributed by atoms with van der Waals surface area (Å²) in [5, 5.41) is 3.49. The van der Waals surface area contributed by atoms with Crippen LogP contribution in [0.5, 0.6) is 11.5 Å². The van der Waals surface area contributed by atoms with Gasteiger partial charge in [0.05, 0.1) is 25.7 Å². The minimum atomic E-state index is -0.312. The van der Waals surface area contributed by atoms with E-state index in [1.165, 1.54) is 48.9 Å². The molecule has 7 nitrogen and oxygen atoms in total. The molecule has 31 heavy (non-hydrogen) atoms. The van der Waals surface area contributed by atoms with Gasteiger partial charge >= 0.3 is 0 Å². The molecule has 2 aromatic heterocycles. The monoisotopic (exact) mass is 456 g/mol. The lowest BCUT2D eigenvalue weighted by atomic mass is 10.1. The van der Waals surface area contributed by atoms with Crippen LogP contribution in [0.1, 0.15) is 0 Å². The predicted octanol–water partition coefficient (Wildman–Crippen LogP) is 4.64. The van der Waals surface area contributed by atoms with Crippen LogP contribution in [0.4, 0.5) is 10.1 Å². The number of fused-ring (bicyclic) bond motifs is 1. The fourth-order valence-electron chi connectivity index (χ4n) is 2.88. The number of ether oxygens (including phenoxy) is 2. The molecule has 158 valence electrons. The quantitative estimate of drug-likeness (QED) is 0.320. The van der Waals surface area contributed by atoms with Gasteiger partial charge in [-0.1, -0.05) is 11.8 Å². The lowest BCUT2D eigenvalue weighted by Crippen LogP contribution is -2.15. The zero-order valence-electron chi connectivity index (χ0n) is 16.6. The Labute approximate surface area is 185 Å². The van der Waals surface area contributed by atoms with Crippen LogP contribution in [0.25, 0.3) is 21.5 Å². The van der Waals surface area contributed by atoms with Crippen LogP contribution >= 0.6 is 23.3 Å². The van der Waals surface area contributed by atoms with Crippen molar-refractivity contribution in [1.29, 1.82) is 0 Å². The number of methoxy groups -OCH3 is 2. The summed E-state index contributed by atoms with van der Waals surface area (Å²) in [6.45, 7) is 0. The Morgan fingerprint density at radius 1 is 1.13 bits per heavy atom. The van der Waals surface area contributed by atoms with Crippen LogP contribution in [0.2, 0.25) is 0 Å². The number of carbonyl (C=O) groups excluding carboxylic acids is 1. The molecule has 0 aliphatic carbocycles. The number of anilines is 1. The highest BCUT2D eigenvalue weighted by Gasteiger charge is 2.16. The van der Waals surface area contributed by atoms with Crippen molar-refractivity contribution in [3.63, 3.8) is 0 Å². The lowest BCUT2D eigenvalue weighted by Gasteiger charge is -2.11. The van der Waals surface area contributed by atoms with Crippen LogP contribution in [-0.4, -0.2) is 40.2 Å². The third kappa shape index (κ3) is 4.59. The van der Waals surface area contributed by atoms with Gasteiger partial charge in [-0.3, -0.25) is 4.79 Å². The second-order valence-electron chi connectivity index (χ2n) is 6.30. The summed E-state index contributed by atoms with van der Waals surface area (Å²) < 4.78 is 29.0. The number of carbonyl (C=O) groups is 1. The smallest absolute Gasteiger partial charge is 0.234 e. The number of hydrogen-bond donors (Lipinski definition) is 1. The van der Waals surface area contributed by atoms with Gasteiger partial charge in [-0.2, -0.15) is 4.37 Å². The standard InChI is InChI=1S/C21H17FN4O3S2/c1-28-14-7-8-16(29-2)15(9-14)25-17(27)10-30-21-20-19(23-11-24-21)18(26-31-20)12-3-5-13(22)6-4-12/h3-9,11H,10H2,1-2H3,(H,25,27). The number of halogens is 1. The Morgan fingerprint density at radius 3 is 2.68 bits per heavy atom. The Morgan fingerprint density at radius 2 is 1.94 bits per heavy atom. The molecule has 0 spiro atoms. The number of amides is 1. The number of hydrogen-bond acceptors (Lipinski definition) is 8. The maximum Gasteiger partial charge on any atom is 0.234 e. The summed E-state index contributed by atoms with van der Waals surface area (Å²) in [5.41, 5.74) is 2.63. The first-order valence-electron chi connectivity index (χ1n) is 9.10. The number of aromatic nitrogens is 3. The van der Waals surface area contributed by atoms with Crippen LogP contribution in [0.15, 0.2) is 53.8 Å². The van der Waals surface area contributed by atoms with Crippen molar-refractivity contribution in [2.75, 3.05) is 25.3 Å². The molecule has 1 amide bonds. The van der Waals surface area contributed by atoms with Gasteiger partial charge in [0.15, 0.2) is 0 Å². The fraction of sp³-hybridized carbons (Fsp3) is 0.143. The molecular weight excluding hydrogens is 439 g/mol. The second-order valence-corrected chi connectivity index (χ2v) is 8.04. The van der Waals surface area contributed by atoms with Crippen LogP contribution in [0.3, 0.4) is 0 Å². The van der Waals surface area contributed by atoms with Gasteiger partial charge in [-0.05, 0) is 47.9 Å². The molecular formula is C21H17FN4O3S2. The highest BCUT2D eigenvalue weighted by atomic mass is 32.2. The third-order valence-corrected chi connectivity index (χ3v) is 6.32. The van der Waals surface area contributed by atoms with Crippen molar-refractivity contribution in [3.05, 3.63) is 54.6 Å². The summed E-state index contributed by atoms with van der Waals surface area (Å²) in [4.78, 5) is 21.2. The normalized spacial score (nSPS) is 10.8. The summed E-state index contributed by atoms with van der Waals surface area (Å²) in [6, 6.07) is 11.3. The maximum absolute atomic E-state index is 13.2. The topological polar surface area (TPSA) is 86.2 Å². The zero-order chi connectivity index (χ0) is 21.8. The molecule has 0 atom stereocenters. The van der Waals surface area contributed by atoms with Crippen LogP contribution in [0, 0.1) is 5.82 Å². The molecule has 0 unspecified atom stereocenters. The van der Waals surface area contributed by atoms with Gasteiger partial charge in [0.1, 0.15) is 44.6 Å². The molecule has 4 rings (SSSR count). The van der Waals surface area contributed by atoms with E-state index >= 15 is 0 Å². The maximum atomic E-state index is 13.2. The highest BCUT2D eigenvalue weighted by molar-refractivity contribution is 8.00. The van der Waals surface area contributed by atoms with E-state index in [0.717, 1.165) is 10.3 Å². The number of rotatable bonds is 7. The molecule has 1 N–H and O–H groups in total. The molecule has 2 heterocycles. The Hall–Kier alpha value is -3.24. The predicted molar refractivity (Wildman–Crippen MR) is 120 cm³/mol. The largest absolute Gasteiger partial charge is 0.497 e. The van der Waals surface area contributed by atoms with E-state index in [1.807, 2.05) is 0 Å². The van der Waals surface area contributed by atoms with E-state index in [0.29, 0.717) is 33.4 Å². The lowest BCUT2D eigenvalue weighted by molar-refractivity contribution is -0.113. The molecule has 0 radical (unpaired) electrons. The van der Waals surface area contributed by atoms with Gasteiger partial charge in [-0.25, -0.2) is 14.4 Å². The Kier molecular flexibility index (Phi) is 6.28. The van der Waals surface area contributed by atoms with Crippen molar-refractivity contribution in [2.24, 2.45) is 0 Å². The molecule has 0 saturated carbocycles. The molecule has 0 aliphatic rings. The van der Waals surface area contributed by atoms with Gasteiger partial charge in [0.25, 0.3) is 0 Å². The van der Waals surface area contributed by atoms with Gasteiger partial charge in [-0.15, -0.1) is 0 Å². The third-order valence-electron chi connectivity index (χ3n) is 4.36. The molecule has 0 bridgehead atoms. The molecule has 2 aromatic carbocycles. The molecule has 0 saturated heterocycles. The Bertz CT molecular complexity index is 1230. The van der Waals surface area contributed by atoms with Crippen LogP contribution < -0.4 is 14.8 Å². The molecule has 10 heteroatoms. The van der Waals surface area contributed by atoms with Crippen molar-refractivity contribution >= 4 is 45.1 Å². The second kappa shape index (κ2) is 9.27. The summed E-state index contributed by atoms with van der Waals surface area (Å²) in [7, 11) is 3.09. The van der Waals surface area contributed by atoms with E-state index in [1.54, 1.807) is 37.4 Å². The van der Waals surface area contributed by atoms with Crippen LogP contribution in [-0.2, 0) is 4.79 Å². The van der Waals surface area contributed by atoms with Gasteiger partial charge in [0.2, 0.25) is 5.91 Å². The van der Waals surface area contributed by atoms with Crippen molar-refractivity contribution in [2.45, 2.75) is 5.03 Å². The van der Waals surface area contributed by atoms with E-state index in [4.69, 9.17) is 9.47 Å². The molecule has 0 fully saturated rings. The van der Waals surface area contributed by atoms with Gasteiger partial charge < -0.3 is 14.8 Å². The molecule has 0 aliphatic heterocycles. The minimum absolute atomic E-state index is 0.135. The summed E-state index contributed by atoms with van der Waals surface area (Å²) >= 11 is 2.54. The number of benzene rings is 2. The highest BCUT2D eigenvalue weighted by Crippen LogP contribution is 2.35. The van der Waals surface area contributed by atoms with Crippen molar-refractivity contribution in [1.82, 2.24) is 14.3 Å². The van der Waals surface area contributed by atoms with E-state index in [9.17, 15) is 9.18 Å². The number of nitrogens with zero attached hydrogens (tertiary/aromatic N) is 3. The first kappa shape index (κ1) is 21.0. The SMILES string of the molecule is COc1ccc(OC)c(NC(=O)CSc2ncnc3c(-c4ccc(F)cc4)nsc23)c1. The minimum Gasteiger partial charge on any atom is -0.497 e. The first-order valence-corrected chi connectivity index (χ1v) is 10.9. The van der Waals surface area contributed by atoms with Crippen molar-refractivity contribution in [3.8, 4) is 22.8 Å². The number of nitrogens with one attached hydrogen (secondary N) is 1. The zero-order valence-corrected chi connectivity index (χ0v) is 18.2. The average molecular weight is 457 g/mol. The van der Waals surface area contributed by atoms with Gasteiger partial charge in [0, 0.05) is 11.6 Å². The number of thioether (sulfide) groups is 1. The summed E-state index contributed by atoms with van der Waals surface area (Å²) in [5.74, 6) is 0.754. The Balaban J connectivity index is 1.51. The first-order chi connectivity index (χ1) is 15.1. The van der Waals surface area contributed by atoms with Crippen molar-refractivity contribution < 1.29 is 18.7 Å². The van der Waals surface area contributed by atoms with E-state index < -0.39 is 0 Å².